The van der Waals surface area contributed by atoms with Crippen LogP contribution in [0.2, 0.25) is 5.15 Å². The van der Waals surface area contributed by atoms with E-state index in [1.807, 2.05) is 30.5 Å². The van der Waals surface area contributed by atoms with Crippen molar-refractivity contribution in [1.29, 1.82) is 0 Å². The first-order chi connectivity index (χ1) is 18.3. The van der Waals surface area contributed by atoms with Gasteiger partial charge in [-0.3, -0.25) is 9.97 Å². The van der Waals surface area contributed by atoms with E-state index in [0.717, 1.165) is 22.8 Å². The van der Waals surface area contributed by atoms with Crippen LogP contribution in [0, 0.1) is 0 Å². The van der Waals surface area contributed by atoms with Crippen molar-refractivity contribution in [3.05, 3.63) is 87.9 Å². The summed E-state index contributed by atoms with van der Waals surface area (Å²) in [7, 11) is 0. The molecule has 0 spiro atoms. The second-order valence-corrected chi connectivity index (χ2v) is 9.41. The van der Waals surface area contributed by atoms with Crippen molar-refractivity contribution in [2.75, 3.05) is 11.4 Å². The van der Waals surface area contributed by atoms with Crippen LogP contribution in [-0.4, -0.2) is 43.3 Å². The zero-order chi connectivity index (χ0) is 27.1. The summed E-state index contributed by atoms with van der Waals surface area (Å²) in [4.78, 5) is 15.6. The number of hydrogen-bond donors (Lipinski definition) is 1. The van der Waals surface area contributed by atoms with Gasteiger partial charge in [-0.15, -0.1) is 11.3 Å². The van der Waals surface area contributed by atoms with Crippen molar-refractivity contribution in [2.45, 2.75) is 38.8 Å². The average molecular weight is 565 g/mol. The predicted octanol–water partition coefficient (Wildman–Crippen LogP) is 5.94. The third-order valence-electron chi connectivity index (χ3n) is 5.54. The molecule has 200 valence electrons. The number of oxime groups is 1. The van der Waals surface area contributed by atoms with E-state index in [-0.39, 0.29) is 11.8 Å². The molecule has 38 heavy (non-hydrogen) atoms. The summed E-state index contributed by atoms with van der Waals surface area (Å²) in [6.07, 6.45) is 1.45. The van der Waals surface area contributed by atoms with Gasteiger partial charge in [0.15, 0.2) is 5.15 Å². The summed E-state index contributed by atoms with van der Waals surface area (Å²) in [5, 5.41) is 21.7. The van der Waals surface area contributed by atoms with Crippen LogP contribution in [-0.2, 0) is 17.6 Å². The van der Waals surface area contributed by atoms with E-state index in [1.165, 1.54) is 17.4 Å². The van der Waals surface area contributed by atoms with Crippen LogP contribution in [0.4, 0.5) is 18.9 Å². The number of anilines is 1. The molecule has 1 atom stereocenters. The molecule has 0 aromatic carbocycles. The molecule has 0 amide bonds. The van der Waals surface area contributed by atoms with Gasteiger partial charge in [0.25, 0.3) is 0 Å². The number of aliphatic hydroxyl groups is 1. The van der Waals surface area contributed by atoms with E-state index in [9.17, 15) is 18.3 Å². The van der Waals surface area contributed by atoms with E-state index in [4.69, 9.17) is 16.4 Å². The standard InChI is InChI=1S/C25H24ClF3N6O2S/c1-2-34(20-15-35(32-24(20)26)18-5-3-11-30-14-18)23(36)10-8-19(21-6-4-12-38-21)33-37-16-17-7-9-22(31-13-17)25(27,28)29/h3-7,9,11-15,23,36H,2,8,10,16H2,1H3. The molecule has 8 nitrogen and oxygen atoms in total. The Hall–Kier alpha value is -3.48. The lowest BCUT2D eigenvalue weighted by Crippen LogP contribution is -2.35. The maximum absolute atomic E-state index is 12.7. The van der Waals surface area contributed by atoms with Crippen LogP contribution in [0.15, 0.2) is 71.7 Å². The van der Waals surface area contributed by atoms with Crippen LogP contribution < -0.4 is 4.90 Å². The molecule has 4 aromatic heterocycles. The average Bonchev–Trinajstić information content (AvgIpc) is 3.57. The van der Waals surface area contributed by atoms with E-state index >= 15 is 0 Å². The van der Waals surface area contributed by atoms with Gasteiger partial charge in [-0.2, -0.15) is 18.3 Å². The Balaban J connectivity index is 1.42. The minimum Gasteiger partial charge on any atom is -0.391 e. The van der Waals surface area contributed by atoms with Crippen LogP contribution in [0.5, 0.6) is 0 Å². The van der Waals surface area contributed by atoms with E-state index in [0.29, 0.717) is 36.3 Å². The smallest absolute Gasteiger partial charge is 0.391 e. The monoisotopic (exact) mass is 564 g/mol. The summed E-state index contributed by atoms with van der Waals surface area (Å²) >= 11 is 7.87. The molecule has 0 saturated heterocycles. The van der Waals surface area contributed by atoms with E-state index < -0.39 is 18.1 Å². The number of alkyl halides is 3. The highest BCUT2D eigenvalue weighted by Gasteiger charge is 2.32. The third-order valence-corrected chi connectivity index (χ3v) is 6.73. The van der Waals surface area contributed by atoms with Crippen LogP contribution in [0.1, 0.15) is 35.9 Å². The van der Waals surface area contributed by atoms with Gasteiger partial charge in [0.1, 0.15) is 18.5 Å². The van der Waals surface area contributed by atoms with E-state index in [1.54, 1.807) is 34.2 Å². The summed E-state index contributed by atoms with van der Waals surface area (Å²) < 4.78 is 39.8. The van der Waals surface area contributed by atoms with E-state index in [2.05, 4.69) is 20.2 Å². The second kappa shape index (κ2) is 12.4. The second-order valence-electron chi connectivity index (χ2n) is 8.10. The molecule has 0 aliphatic heterocycles. The Bertz CT molecular complexity index is 1330. The number of pyridine rings is 2. The van der Waals surface area contributed by atoms with Gasteiger partial charge < -0.3 is 14.8 Å². The number of hydrogen-bond acceptors (Lipinski definition) is 8. The van der Waals surface area contributed by atoms with Crippen molar-refractivity contribution in [3.8, 4) is 5.69 Å². The fourth-order valence-corrected chi connectivity index (χ4v) is 4.62. The summed E-state index contributed by atoms with van der Waals surface area (Å²) in [6.45, 7) is 2.33. The predicted molar refractivity (Wildman–Crippen MR) is 140 cm³/mol. The Kier molecular flexibility index (Phi) is 8.97. The molecule has 0 bridgehead atoms. The lowest BCUT2D eigenvalue weighted by atomic mass is 10.1. The molecule has 1 N–H and O–H groups in total. The minimum atomic E-state index is -4.50. The molecule has 0 radical (unpaired) electrons. The van der Waals surface area contributed by atoms with Crippen molar-refractivity contribution < 1.29 is 23.1 Å². The number of thiophene rings is 1. The molecule has 0 saturated carbocycles. The lowest BCUT2D eigenvalue weighted by molar-refractivity contribution is -0.141. The van der Waals surface area contributed by atoms with Crippen molar-refractivity contribution in [2.24, 2.45) is 5.16 Å². The molecule has 0 aliphatic rings. The summed E-state index contributed by atoms with van der Waals surface area (Å²) in [5.41, 5.74) is 1.39. The quantitative estimate of drug-likeness (QED) is 0.138. The Morgan fingerprint density at radius 1 is 1.24 bits per heavy atom. The fourth-order valence-electron chi connectivity index (χ4n) is 3.64. The number of halogens is 4. The highest BCUT2D eigenvalue weighted by atomic mass is 35.5. The van der Waals surface area contributed by atoms with Crippen LogP contribution in [0.25, 0.3) is 5.69 Å². The topological polar surface area (TPSA) is 88.7 Å². The molecular weight excluding hydrogens is 541 g/mol. The normalized spacial score (nSPS) is 12.9. The fraction of sp³-hybridized carbons (Fsp3) is 0.280. The Morgan fingerprint density at radius 2 is 2.08 bits per heavy atom. The molecule has 4 heterocycles. The SMILES string of the molecule is CCN(c1cn(-c2cccnc2)nc1Cl)C(O)CCC(=NOCc1ccc(C(F)(F)F)nc1)c1cccs1. The maximum Gasteiger partial charge on any atom is 0.433 e. The van der Waals surface area contributed by atoms with Gasteiger partial charge in [0.2, 0.25) is 0 Å². The number of nitrogens with zero attached hydrogens (tertiary/aromatic N) is 6. The molecule has 4 rings (SSSR count). The Labute approximate surface area is 226 Å². The maximum atomic E-state index is 12.7. The molecular formula is C25H24ClF3N6O2S. The zero-order valence-electron chi connectivity index (χ0n) is 20.2. The largest absolute Gasteiger partial charge is 0.433 e. The summed E-state index contributed by atoms with van der Waals surface area (Å²) in [5.74, 6) is 0. The van der Waals surface area contributed by atoms with Gasteiger partial charge in [0.05, 0.1) is 34.4 Å². The first kappa shape index (κ1) is 27.6. The van der Waals surface area contributed by atoms with Gasteiger partial charge >= 0.3 is 6.18 Å². The third kappa shape index (κ3) is 6.88. The van der Waals surface area contributed by atoms with Gasteiger partial charge in [-0.1, -0.05) is 28.9 Å². The number of rotatable bonds is 11. The lowest BCUT2D eigenvalue weighted by Gasteiger charge is -2.27. The summed E-state index contributed by atoms with van der Waals surface area (Å²) in [6, 6.07) is 9.59. The van der Waals surface area contributed by atoms with Crippen molar-refractivity contribution in [1.82, 2.24) is 19.7 Å². The zero-order valence-corrected chi connectivity index (χ0v) is 21.8. The van der Waals surface area contributed by atoms with Crippen LogP contribution >= 0.6 is 22.9 Å². The number of aromatic nitrogens is 4. The van der Waals surface area contributed by atoms with Gasteiger partial charge in [0, 0.05) is 24.5 Å². The highest BCUT2D eigenvalue weighted by molar-refractivity contribution is 7.12. The Morgan fingerprint density at radius 3 is 2.71 bits per heavy atom. The van der Waals surface area contributed by atoms with Crippen molar-refractivity contribution >= 4 is 34.3 Å². The molecule has 0 aliphatic carbocycles. The van der Waals surface area contributed by atoms with Gasteiger partial charge in [-0.25, -0.2) is 4.68 Å². The highest BCUT2D eigenvalue weighted by Crippen LogP contribution is 2.29. The number of aliphatic hydroxyl groups excluding tert-OH is 1. The minimum absolute atomic E-state index is 0.0488. The molecule has 13 heteroatoms. The van der Waals surface area contributed by atoms with Gasteiger partial charge in [-0.05, 0) is 49.4 Å². The van der Waals surface area contributed by atoms with Crippen LogP contribution in [0.3, 0.4) is 0 Å². The molecule has 1 unspecified atom stereocenters. The van der Waals surface area contributed by atoms with Crippen molar-refractivity contribution in [3.63, 3.8) is 0 Å². The first-order valence-electron chi connectivity index (χ1n) is 11.6. The first-order valence-corrected chi connectivity index (χ1v) is 12.9. The molecule has 0 fully saturated rings. The molecule has 4 aromatic rings.